The first-order valence-corrected chi connectivity index (χ1v) is 10.9. The van der Waals surface area contributed by atoms with E-state index in [-0.39, 0.29) is 24.8 Å². The maximum absolute atomic E-state index is 12.9. The number of amides is 1. The number of benzene rings is 2. The fourth-order valence-electron chi connectivity index (χ4n) is 4.83. The zero-order valence-electron chi connectivity index (χ0n) is 17.6. The molecule has 4 atom stereocenters. The number of carbonyl (C=O) groups excluding carboxylic acids is 1. The van der Waals surface area contributed by atoms with E-state index in [0.717, 1.165) is 31.4 Å². The molecule has 160 valence electrons. The molecule has 5 heteroatoms. The Hall–Kier alpha value is -2.37. The molecule has 5 nitrogen and oxygen atoms in total. The van der Waals surface area contributed by atoms with E-state index in [0.29, 0.717) is 25.0 Å². The average Bonchev–Trinajstić information content (AvgIpc) is 3.22. The third-order valence-corrected chi connectivity index (χ3v) is 6.40. The van der Waals surface area contributed by atoms with Crippen LogP contribution in [0.4, 0.5) is 4.79 Å². The summed E-state index contributed by atoms with van der Waals surface area (Å²) in [5.41, 5.74) is 2.37. The smallest absolute Gasteiger partial charge is 0.410 e. The second-order valence-electron chi connectivity index (χ2n) is 8.33. The van der Waals surface area contributed by atoms with Crippen molar-refractivity contribution in [2.75, 3.05) is 26.9 Å². The molecule has 0 radical (unpaired) electrons. The van der Waals surface area contributed by atoms with Crippen LogP contribution in [-0.2, 0) is 20.8 Å². The van der Waals surface area contributed by atoms with Gasteiger partial charge in [0.25, 0.3) is 0 Å². The summed E-state index contributed by atoms with van der Waals surface area (Å²) in [5.74, 6) is 1.07. The van der Waals surface area contributed by atoms with Crippen LogP contribution in [0.15, 0.2) is 60.7 Å². The summed E-state index contributed by atoms with van der Waals surface area (Å²) in [6.07, 6.45) is 2.90. The van der Waals surface area contributed by atoms with Gasteiger partial charge in [-0.1, -0.05) is 60.7 Å². The van der Waals surface area contributed by atoms with Crippen LogP contribution in [0.25, 0.3) is 0 Å². The molecule has 1 aliphatic carbocycles. The van der Waals surface area contributed by atoms with Gasteiger partial charge in [-0.2, -0.15) is 0 Å². The summed E-state index contributed by atoms with van der Waals surface area (Å²) in [6.45, 7) is 2.02. The van der Waals surface area contributed by atoms with Crippen molar-refractivity contribution < 1.29 is 19.0 Å². The third kappa shape index (κ3) is 5.02. The normalized spacial score (nSPS) is 25.5. The summed E-state index contributed by atoms with van der Waals surface area (Å²) in [7, 11) is 1.61. The van der Waals surface area contributed by atoms with E-state index in [1.54, 1.807) is 7.11 Å². The molecular weight excluding hydrogens is 378 g/mol. The van der Waals surface area contributed by atoms with Crippen molar-refractivity contribution >= 4 is 6.09 Å². The lowest BCUT2D eigenvalue weighted by Crippen LogP contribution is -2.39. The molecule has 0 unspecified atom stereocenters. The van der Waals surface area contributed by atoms with E-state index in [4.69, 9.17) is 14.2 Å². The maximum atomic E-state index is 12.9. The monoisotopic (exact) mass is 409 g/mol. The van der Waals surface area contributed by atoms with Gasteiger partial charge in [0, 0.05) is 19.7 Å². The maximum Gasteiger partial charge on any atom is 0.410 e. The van der Waals surface area contributed by atoms with Gasteiger partial charge < -0.3 is 19.1 Å². The highest BCUT2D eigenvalue weighted by Crippen LogP contribution is 2.45. The van der Waals surface area contributed by atoms with Crippen LogP contribution in [0.3, 0.4) is 0 Å². The number of fused-ring (bicyclic) bond motifs is 1. The summed E-state index contributed by atoms with van der Waals surface area (Å²) in [5, 5.41) is 0. The molecule has 1 heterocycles. The molecule has 0 spiro atoms. The minimum Gasteiger partial charge on any atom is -0.447 e. The van der Waals surface area contributed by atoms with E-state index in [2.05, 4.69) is 36.4 Å². The van der Waals surface area contributed by atoms with Gasteiger partial charge >= 0.3 is 6.09 Å². The molecule has 1 saturated carbocycles. The van der Waals surface area contributed by atoms with Crippen molar-refractivity contribution in [2.24, 2.45) is 11.8 Å². The Morgan fingerprint density at radius 1 is 0.967 bits per heavy atom. The molecule has 1 amide bonds. The Balaban J connectivity index is 1.44. The lowest BCUT2D eigenvalue weighted by atomic mass is 9.86. The highest BCUT2D eigenvalue weighted by molar-refractivity contribution is 5.68. The van der Waals surface area contributed by atoms with Crippen LogP contribution in [-0.4, -0.2) is 44.0 Å². The topological polar surface area (TPSA) is 48.0 Å². The first-order chi connectivity index (χ1) is 14.7. The van der Waals surface area contributed by atoms with Crippen LogP contribution in [0, 0.1) is 11.8 Å². The molecule has 1 saturated heterocycles. The van der Waals surface area contributed by atoms with Crippen LogP contribution in [0.2, 0.25) is 0 Å². The summed E-state index contributed by atoms with van der Waals surface area (Å²) in [6, 6.07) is 20.8. The minimum atomic E-state index is -0.250. The van der Waals surface area contributed by atoms with E-state index < -0.39 is 0 Å². The van der Waals surface area contributed by atoms with Gasteiger partial charge in [-0.25, -0.2) is 4.79 Å². The Bertz CT molecular complexity index is 797. The van der Waals surface area contributed by atoms with Gasteiger partial charge in [-0.05, 0) is 42.2 Å². The summed E-state index contributed by atoms with van der Waals surface area (Å²) >= 11 is 0. The minimum absolute atomic E-state index is 0.155. The van der Waals surface area contributed by atoms with Gasteiger partial charge in [0.2, 0.25) is 0 Å². The number of ether oxygens (including phenoxy) is 3. The van der Waals surface area contributed by atoms with E-state index in [1.807, 2.05) is 29.2 Å². The molecule has 0 aromatic heterocycles. The molecule has 0 N–H and O–H groups in total. The fourth-order valence-corrected chi connectivity index (χ4v) is 4.83. The Morgan fingerprint density at radius 3 is 2.40 bits per heavy atom. The first-order valence-electron chi connectivity index (χ1n) is 10.9. The van der Waals surface area contributed by atoms with Gasteiger partial charge in [-0.3, -0.25) is 0 Å². The second-order valence-corrected chi connectivity index (χ2v) is 8.33. The van der Waals surface area contributed by atoms with Crippen LogP contribution in [0.1, 0.15) is 36.5 Å². The van der Waals surface area contributed by atoms with Gasteiger partial charge in [-0.15, -0.1) is 0 Å². The standard InChI is InChI=1S/C25H31NO4/c1-28-12-13-29-25(27)26(17-19-8-4-2-5-9-19)23-14-21-16-24(30-18-22(21)15-23)20-10-6-3-7-11-20/h2-11,21-24H,12-18H2,1H3/t21-,22+,23-,24-/m0/s1. The molecule has 2 aliphatic rings. The van der Waals surface area contributed by atoms with Crippen LogP contribution >= 0.6 is 0 Å². The molecule has 4 rings (SSSR count). The predicted octanol–water partition coefficient (Wildman–Crippen LogP) is 4.83. The molecule has 30 heavy (non-hydrogen) atoms. The number of carbonyl (C=O) groups is 1. The quantitative estimate of drug-likeness (QED) is 0.615. The lowest BCUT2D eigenvalue weighted by Gasteiger charge is -2.32. The predicted molar refractivity (Wildman–Crippen MR) is 115 cm³/mol. The molecule has 2 fully saturated rings. The Labute approximate surface area is 178 Å². The Kier molecular flexibility index (Phi) is 7.03. The number of rotatable bonds is 7. The third-order valence-electron chi connectivity index (χ3n) is 6.40. The number of methoxy groups -OCH3 is 1. The zero-order chi connectivity index (χ0) is 20.8. The SMILES string of the molecule is COCCOC(=O)N(Cc1ccccc1)[C@@H]1C[C@@H]2CO[C@H](c3ccccc3)C[C@@H]2C1. The highest BCUT2D eigenvalue weighted by atomic mass is 16.6. The van der Waals surface area contributed by atoms with Crippen LogP contribution < -0.4 is 0 Å². The number of hydrogen-bond donors (Lipinski definition) is 0. The number of hydrogen-bond acceptors (Lipinski definition) is 4. The zero-order valence-corrected chi connectivity index (χ0v) is 17.6. The van der Waals surface area contributed by atoms with Crippen molar-refractivity contribution in [1.82, 2.24) is 4.90 Å². The summed E-state index contributed by atoms with van der Waals surface area (Å²) in [4.78, 5) is 14.8. The molecule has 0 bridgehead atoms. The Morgan fingerprint density at radius 2 is 1.67 bits per heavy atom. The molecule has 2 aromatic carbocycles. The van der Waals surface area contributed by atoms with Gasteiger partial charge in [0.15, 0.2) is 0 Å². The van der Waals surface area contributed by atoms with Crippen molar-refractivity contribution in [3.63, 3.8) is 0 Å². The average molecular weight is 410 g/mol. The molecule has 2 aromatic rings. The second kappa shape index (κ2) is 10.1. The van der Waals surface area contributed by atoms with Crippen molar-refractivity contribution in [2.45, 2.75) is 38.0 Å². The number of nitrogens with zero attached hydrogens (tertiary/aromatic N) is 1. The molecular formula is C25H31NO4. The van der Waals surface area contributed by atoms with Gasteiger partial charge in [0.05, 0.1) is 19.3 Å². The lowest BCUT2D eigenvalue weighted by molar-refractivity contribution is -0.0384. The van der Waals surface area contributed by atoms with Crippen molar-refractivity contribution in [3.05, 3.63) is 71.8 Å². The van der Waals surface area contributed by atoms with Crippen LogP contribution in [0.5, 0.6) is 0 Å². The van der Waals surface area contributed by atoms with Crippen molar-refractivity contribution in [3.8, 4) is 0 Å². The van der Waals surface area contributed by atoms with E-state index >= 15 is 0 Å². The van der Waals surface area contributed by atoms with E-state index in [9.17, 15) is 4.79 Å². The van der Waals surface area contributed by atoms with Crippen molar-refractivity contribution in [1.29, 1.82) is 0 Å². The first kappa shape index (κ1) is 20.9. The fraction of sp³-hybridized carbons (Fsp3) is 0.480. The summed E-state index contributed by atoms with van der Waals surface area (Å²) < 4.78 is 16.8. The van der Waals surface area contributed by atoms with E-state index in [1.165, 1.54) is 5.56 Å². The van der Waals surface area contributed by atoms with Gasteiger partial charge in [0.1, 0.15) is 6.61 Å². The highest BCUT2D eigenvalue weighted by Gasteiger charge is 2.43. The molecule has 1 aliphatic heterocycles. The largest absolute Gasteiger partial charge is 0.447 e.